The van der Waals surface area contributed by atoms with Crippen LogP contribution in [0.1, 0.15) is 48.2 Å². The minimum atomic E-state index is -0.576. The number of amides is 1. The molecular weight excluding hydrogens is 420 g/mol. The molecule has 1 aromatic heterocycles. The third-order valence-corrected chi connectivity index (χ3v) is 5.89. The first-order chi connectivity index (χ1) is 15.4. The fourth-order valence-electron chi connectivity index (χ4n) is 3.05. The molecule has 1 amide bonds. The minimum Gasteiger partial charge on any atom is -0.462 e. The van der Waals surface area contributed by atoms with Crippen LogP contribution in [0.2, 0.25) is 0 Å². The maximum atomic E-state index is 12.9. The van der Waals surface area contributed by atoms with E-state index in [2.05, 4.69) is 19.2 Å². The maximum Gasteiger partial charge on any atom is 0.341 e. The average molecular weight is 445 g/mol. The third kappa shape index (κ3) is 5.51. The number of nitrogens with one attached hydrogen (secondary N) is 1. The molecule has 0 saturated heterocycles. The highest BCUT2D eigenvalue weighted by molar-refractivity contribution is 7.20. The van der Waals surface area contributed by atoms with Gasteiger partial charge in [-0.05, 0) is 41.7 Å². The lowest BCUT2D eigenvalue weighted by Crippen LogP contribution is -2.15. The van der Waals surface area contributed by atoms with Gasteiger partial charge in [-0.2, -0.15) is 5.26 Å². The Balaban J connectivity index is 1.90. The molecule has 0 atom stereocenters. The molecule has 162 valence electrons. The summed E-state index contributed by atoms with van der Waals surface area (Å²) in [5.74, 6) is -0.703. The molecule has 5 nitrogen and oxygen atoms in total. The molecule has 0 aliphatic heterocycles. The van der Waals surface area contributed by atoms with Crippen LogP contribution in [0.25, 0.3) is 16.5 Å². The van der Waals surface area contributed by atoms with E-state index >= 15 is 0 Å². The zero-order valence-corrected chi connectivity index (χ0v) is 19.0. The monoisotopic (exact) mass is 444 g/mol. The molecule has 0 saturated carbocycles. The van der Waals surface area contributed by atoms with Crippen molar-refractivity contribution in [3.63, 3.8) is 0 Å². The van der Waals surface area contributed by atoms with Crippen LogP contribution < -0.4 is 5.32 Å². The van der Waals surface area contributed by atoms with Gasteiger partial charge in [-0.25, -0.2) is 4.79 Å². The molecule has 1 heterocycles. The number of esters is 1. The second kappa shape index (κ2) is 10.6. The number of hydrogen-bond donors (Lipinski definition) is 1. The summed E-state index contributed by atoms with van der Waals surface area (Å²) in [6.45, 7) is 6.15. The van der Waals surface area contributed by atoms with Gasteiger partial charge in [0.2, 0.25) is 0 Å². The molecule has 0 unspecified atom stereocenters. The van der Waals surface area contributed by atoms with Crippen molar-refractivity contribution < 1.29 is 14.3 Å². The average Bonchev–Trinajstić information content (AvgIpc) is 3.22. The normalized spacial score (nSPS) is 11.2. The molecule has 0 fully saturated rings. The highest BCUT2D eigenvalue weighted by Crippen LogP contribution is 2.36. The first kappa shape index (κ1) is 23.0. The van der Waals surface area contributed by atoms with Crippen molar-refractivity contribution in [2.24, 2.45) is 0 Å². The number of rotatable bonds is 7. The lowest BCUT2D eigenvalue weighted by atomic mass is 10.0. The van der Waals surface area contributed by atoms with E-state index in [9.17, 15) is 14.9 Å². The van der Waals surface area contributed by atoms with Gasteiger partial charge in [0.1, 0.15) is 16.6 Å². The van der Waals surface area contributed by atoms with Gasteiger partial charge in [0.15, 0.2) is 0 Å². The van der Waals surface area contributed by atoms with Crippen molar-refractivity contribution in [3.05, 3.63) is 82.9 Å². The molecule has 32 heavy (non-hydrogen) atoms. The summed E-state index contributed by atoms with van der Waals surface area (Å²) >= 11 is 1.27. The summed E-state index contributed by atoms with van der Waals surface area (Å²) in [5, 5.41) is 12.6. The Morgan fingerprint density at radius 3 is 2.41 bits per heavy atom. The van der Waals surface area contributed by atoms with Crippen molar-refractivity contribution >= 4 is 34.3 Å². The fourth-order valence-corrected chi connectivity index (χ4v) is 4.10. The molecule has 0 spiro atoms. The number of ether oxygens (including phenoxy) is 1. The SMILES string of the molecule is CCOC(=O)c1cc(-c2ccccc2)sc1NC(=O)C(C#N)=Cc1ccc(C(C)C)cc1. The number of nitrogens with zero attached hydrogens (tertiary/aromatic N) is 1. The molecule has 3 rings (SSSR count). The van der Waals surface area contributed by atoms with Crippen LogP contribution in [0.4, 0.5) is 5.00 Å². The molecular formula is C26H24N2O3S. The number of thiophene rings is 1. The maximum absolute atomic E-state index is 12.9. The van der Waals surface area contributed by atoms with Gasteiger partial charge in [-0.3, -0.25) is 4.79 Å². The lowest BCUT2D eigenvalue weighted by Gasteiger charge is -2.06. The van der Waals surface area contributed by atoms with Gasteiger partial charge in [-0.15, -0.1) is 11.3 Å². The van der Waals surface area contributed by atoms with Gasteiger partial charge in [0.25, 0.3) is 5.91 Å². The van der Waals surface area contributed by atoms with Crippen molar-refractivity contribution in [1.29, 1.82) is 5.26 Å². The molecule has 0 radical (unpaired) electrons. The number of carbonyl (C=O) groups is 2. The summed E-state index contributed by atoms with van der Waals surface area (Å²) in [4.78, 5) is 26.1. The number of hydrogen-bond acceptors (Lipinski definition) is 5. The van der Waals surface area contributed by atoms with Gasteiger partial charge in [0.05, 0.1) is 12.2 Å². The summed E-state index contributed by atoms with van der Waals surface area (Å²) in [7, 11) is 0. The van der Waals surface area contributed by atoms with Gasteiger partial charge in [-0.1, -0.05) is 68.4 Å². The summed E-state index contributed by atoms with van der Waals surface area (Å²) in [6.07, 6.45) is 1.54. The van der Waals surface area contributed by atoms with Crippen molar-refractivity contribution in [2.45, 2.75) is 26.7 Å². The number of anilines is 1. The quantitative estimate of drug-likeness (QED) is 0.265. The van der Waals surface area contributed by atoms with E-state index in [1.54, 1.807) is 13.0 Å². The number of benzene rings is 2. The standard InChI is InChI=1S/C26H24N2O3S/c1-4-31-26(30)22-15-23(20-8-6-5-7-9-20)32-25(22)28-24(29)21(16-27)14-18-10-12-19(13-11-18)17(2)3/h5-15,17H,4H2,1-3H3,(H,28,29). The van der Waals surface area contributed by atoms with Gasteiger partial charge < -0.3 is 10.1 Å². The Hall–Kier alpha value is -3.69. The zero-order valence-electron chi connectivity index (χ0n) is 18.2. The molecule has 0 aliphatic carbocycles. The van der Waals surface area contributed by atoms with Crippen molar-refractivity contribution in [1.82, 2.24) is 0 Å². The molecule has 6 heteroatoms. The Kier molecular flexibility index (Phi) is 7.58. The van der Waals surface area contributed by atoms with Gasteiger partial charge >= 0.3 is 5.97 Å². The largest absolute Gasteiger partial charge is 0.462 e. The van der Waals surface area contributed by atoms with E-state index in [-0.39, 0.29) is 17.7 Å². The van der Waals surface area contributed by atoms with Crippen LogP contribution in [0, 0.1) is 11.3 Å². The van der Waals surface area contributed by atoms with Crippen molar-refractivity contribution in [3.8, 4) is 16.5 Å². The molecule has 2 aromatic carbocycles. The Morgan fingerprint density at radius 2 is 1.81 bits per heavy atom. The topological polar surface area (TPSA) is 79.2 Å². The first-order valence-corrected chi connectivity index (χ1v) is 11.1. The smallest absolute Gasteiger partial charge is 0.341 e. The number of nitriles is 1. The Morgan fingerprint density at radius 1 is 1.12 bits per heavy atom. The van der Waals surface area contributed by atoms with Crippen LogP contribution in [0.5, 0.6) is 0 Å². The van der Waals surface area contributed by atoms with E-state index in [0.29, 0.717) is 10.9 Å². The minimum absolute atomic E-state index is 0.0493. The van der Waals surface area contributed by atoms with Gasteiger partial charge in [0, 0.05) is 4.88 Å². The van der Waals surface area contributed by atoms with E-state index in [1.165, 1.54) is 23.0 Å². The fraction of sp³-hybridized carbons (Fsp3) is 0.192. The van der Waals surface area contributed by atoms with Crippen molar-refractivity contribution in [2.75, 3.05) is 11.9 Å². The predicted molar refractivity (Wildman–Crippen MR) is 128 cm³/mol. The van der Waals surface area contributed by atoms with Crippen LogP contribution in [-0.2, 0) is 9.53 Å². The molecule has 3 aromatic rings. The number of carbonyl (C=O) groups excluding carboxylic acids is 2. The second-order valence-corrected chi connectivity index (χ2v) is 8.44. The van der Waals surface area contributed by atoms with E-state index in [0.717, 1.165) is 16.0 Å². The lowest BCUT2D eigenvalue weighted by molar-refractivity contribution is -0.112. The summed E-state index contributed by atoms with van der Waals surface area (Å²) in [6, 6.07) is 20.9. The predicted octanol–water partition coefficient (Wildman–Crippen LogP) is 6.26. The Labute approximate surface area is 192 Å². The highest BCUT2D eigenvalue weighted by atomic mass is 32.1. The summed E-state index contributed by atoms with van der Waals surface area (Å²) < 4.78 is 5.15. The first-order valence-electron chi connectivity index (χ1n) is 10.3. The van der Waals surface area contributed by atoms with Crippen LogP contribution in [-0.4, -0.2) is 18.5 Å². The second-order valence-electron chi connectivity index (χ2n) is 7.39. The third-order valence-electron chi connectivity index (χ3n) is 4.79. The summed E-state index contributed by atoms with van der Waals surface area (Å²) in [5.41, 5.74) is 3.07. The molecule has 0 bridgehead atoms. The van der Waals surface area contributed by atoms with E-state index < -0.39 is 11.9 Å². The van der Waals surface area contributed by atoms with Crippen LogP contribution in [0.3, 0.4) is 0 Å². The van der Waals surface area contributed by atoms with Crippen LogP contribution >= 0.6 is 11.3 Å². The van der Waals surface area contributed by atoms with E-state index in [1.807, 2.05) is 60.7 Å². The van der Waals surface area contributed by atoms with Crippen LogP contribution in [0.15, 0.2) is 66.2 Å². The molecule has 0 aliphatic rings. The molecule has 1 N–H and O–H groups in total. The highest BCUT2D eigenvalue weighted by Gasteiger charge is 2.21. The Bertz CT molecular complexity index is 1170. The zero-order chi connectivity index (χ0) is 23.1. The van der Waals surface area contributed by atoms with E-state index in [4.69, 9.17) is 4.74 Å².